The largest absolute Gasteiger partial charge is 0.497 e. The van der Waals surface area contributed by atoms with Gasteiger partial charge in [0.25, 0.3) is 0 Å². The predicted octanol–water partition coefficient (Wildman–Crippen LogP) is 3.09. The van der Waals surface area contributed by atoms with Gasteiger partial charge < -0.3 is 9.47 Å². The molecule has 24 heavy (non-hydrogen) atoms. The maximum Gasteiger partial charge on any atom is 0.243 e. The van der Waals surface area contributed by atoms with E-state index in [-0.39, 0.29) is 6.04 Å². The highest BCUT2D eigenvalue weighted by Gasteiger charge is 2.32. The van der Waals surface area contributed by atoms with Crippen LogP contribution in [0.2, 0.25) is 0 Å². The summed E-state index contributed by atoms with van der Waals surface area (Å²) >= 11 is 1.62. The summed E-state index contributed by atoms with van der Waals surface area (Å²) in [7, 11) is -2.02. The van der Waals surface area contributed by atoms with Gasteiger partial charge in [-0.1, -0.05) is 6.92 Å². The fraction of sp³-hybridized carbons (Fsp3) is 0.647. The van der Waals surface area contributed by atoms with Gasteiger partial charge in [0, 0.05) is 18.9 Å². The van der Waals surface area contributed by atoms with E-state index in [4.69, 9.17) is 9.47 Å². The van der Waals surface area contributed by atoms with Gasteiger partial charge in [-0.3, -0.25) is 0 Å². The Morgan fingerprint density at radius 3 is 2.21 bits per heavy atom. The average Bonchev–Trinajstić information content (AvgIpc) is 2.51. The molecule has 0 spiro atoms. The van der Waals surface area contributed by atoms with Crippen LogP contribution >= 0.6 is 11.8 Å². The molecule has 1 atom stereocenters. The SMILES string of the molecule is CCOCC(CSC)N(CC)S(=O)(=O)c1c(C)cc(OC)cc1C. The van der Waals surface area contributed by atoms with Crippen molar-refractivity contribution in [3.8, 4) is 5.75 Å². The first kappa shape index (κ1) is 21.3. The van der Waals surface area contributed by atoms with Gasteiger partial charge in [0.15, 0.2) is 0 Å². The van der Waals surface area contributed by atoms with E-state index in [1.54, 1.807) is 35.3 Å². The number of methoxy groups -OCH3 is 1. The molecule has 0 bridgehead atoms. The lowest BCUT2D eigenvalue weighted by Gasteiger charge is -2.30. The number of sulfonamides is 1. The van der Waals surface area contributed by atoms with Crippen molar-refractivity contribution in [1.29, 1.82) is 0 Å². The molecular formula is C17H29NO4S2. The third kappa shape index (κ3) is 4.88. The van der Waals surface area contributed by atoms with Crippen molar-refractivity contribution in [3.05, 3.63) is 23.3 Å². The molecule has 0 heterocycles. The Labute approximate surface area is 150 Å². The number of aryl methyl sites for hydroxylation is 2. The van der Waals surface area contributed by atoms with Gasteiger partial charge in [-0.15, -0.1) is 0 Å². The zero-order chi connectivity index (χ0) is 18.3. The first-order chi connectivity index (χ1) is 11.3. The summed E-state index contributed by atoms with van der Waals surface area (Å²) in [5.41, 5.74) is 1.40. The molecule has 0 amide bonds. The molecule has 0 saturated heterocycles. The monoisotopic (exact) mass is 375 g/mol. The van der Waals surface area contributed by atoms with E-state index in [0.717, 1.165) is 0 Å². The number of thioether (sulfide) groups is 1. The standard InChI is InChI=1S/C17H29NO4S2/c1-7-18(15(12-23-6)11-22-8-2)24(19,20)17-13(3)9-16(21-5)10-14(17)4/h9-10,15H,7-8,11-12H2,1-6H3. The zero-order valence-electron chi connectivity index (χ0n) is 15.5. The number of rotatable bonds is 10. The maximum absolute atomic E-state index is 13.3. The predicted molar refractivity (Wildman–Crippen MR) is 101 cm³/mol. The van der Waals surface area contributed by atoms with Gasteiger partial charge in [-0.25, -0.2) is 8.42 Å². The van der Waals surface area contributed by atoms with E-state index in [9.17, 15) is 8.42 Å². The summed E-state index contributed by atoms with van der Waals surface area (Å²) in [5.74, 6) is 1.36. The molecule has 1 rings (SSSR count). The van der Waals surface area contributed by atoms with Crippen LogP contribution < -0.4 is 4.74 Å². The fourth-order valence-electron chi connectivity index (χ4n) is 2.84. The van der Waals surface area contributed by atoms with Crippen molar-refractivity contribution in [1.82, 2.24) is 4.31 Å². The Balaban J connectivity index is 3.33. The molecule has 0 saturated carbocycles. The van der Waals surface area contributed by atoms with Crippen LogP contribution in [0.25, 0.3) is 0 Å². The minimum atomic E-state index is -3.60. The molecule has 138 valence electrons. The molecule has 0 aliphatic rings. The highest BCUT2D eigenvalue weighted by molar-refractivity contribution is 7.98. The van der Waals surface area contributed by atoms with E-state index < -0.39 is 10.0 Å². The van der Waals surface area contributed by atoms with E-state index in [0.29, 0.717) is 47.3 Å². The van der Waals surface area contributed by atoms with Crippen LogP contribution in [0, 0.1) is 13.8 Å². The zero-order valence-corrected chi connectivity index (χ0v) is 17.1. The van der Waals surface area contributed by atoms with Gasteiger partial charge in [-0.2, -0.15) is 16.1 Å². The Kier molecular flexibility index (Phi) is 8.56. The number of ether oxygens (including phenoxy) is 2. The summed E-state index contributed by atoms with van der Waals surface area (Å²) in [6, 6.07) is 3.34. The smallest absolute Gasteiger partial charge is 0.243 e. The Morgan fingerprint density at radius 2 is 1.79 bits per heavy atom. The van der Waals surface area contributed by atoms with Crippen molar-refractivity contribution < 1.29 is 17.9 Å². The van der Waals surface area contributed by atoms with E-state index >= 15 is 0 Å². The summed E-state index contributed by atoms with van der Waals surface area (Å²) in [6.07, 6.45) is 1.98. The molecule has 0 aliphatic carbocycles. The molecule has 1 aromatic carbocycles. The summed E-state index contributed by atoms with van der Waals surface area (Å²) in [4.78, 5) is 0.368. The Hall–Kier alpha value is -0.760. The second kappa shape index (κ2) is 9.65. The average molecular weight is 376 g/mol. The third-order valence-corrected chi connectivity index (χ3v) is 6.88. The molecule has 0 radical (unpaired) electrons. The molecule has 0 aliphatic heterocycles. The molecule has 0 N–H and O–H groups in total. The topological polar surface area (TPSA) is 55.8 Å². The lowest BCUT2D eigenvalue weighted by atomic mass is 10.1. The quantitative estimate of drug-likeness (QED) is 0.629. The molecule has 0 fully saturated rings. The van der Waals surface area contributed by atoms with Crippen molar-refractivity contribution in [2.75, 3.05) is 38.9 Å². The molecule has 0 aromatic heterocycles. The minimum Gasteiger partial charge on any atom is -0.497 e. The number of hydrogen-bond donors (Lipinski definition) is 0. The van der Waals surface area contributed by atoms with Crippen LogP contribution in [0.15, 0.2) is 17.0 Å². The first-order valence-corrected chi connectivity index (χ1v) is 10.9. The van der Waals surface area contributed by atoms with Gasteiger partial charge in [-0.05, 0) is 50.3 Å². The molecule has 5 nitrogen and oxygen atoms in total. The second-order valence-electron chi connectivity index (χ2n) is 5.57. The van der Waals surface area contributed by atoms with Crippen LogP contribution in [0.3, 0.4) is 0 Å². The van der Waals surface area contributed by atoms with Crippen molar-refractivity contribution in [2.24, 2.45) is 0 Å². The van der Waals surface area contributed by atoms with Gasteiger partial charge in [0.2, 0.25) is 10.0 Å². The van der Waals surface area contributed by atoms with E-state index in [1.807, 2.05) is 34.0 Å². The molecular weight excluding hydrogens is 346 g/mol. The van der Waals surface area contributed by atoms with Crippen LogP contribution in [0.1, 0.15) is 25.0 Å². The highest BCUT2D eigenvalue weighted by atomic mass is 32.2. The molecule has 1 aromatic rings. The fourth-order valence-corrected chi connectivity index (χ4v) is 5.63. The summed E-state index contributed by atoms with van der Waals surface area (Å²) < 4.78 is 38.9. The van der Waals surface area contributed by atoms with Crippen LogP contribution in [0.4, 0.5) is 0 Å². The molecule has 7 heteroatoms. The highest BCUT2D eigenvalue weighted by Crippen LogP contribution is 2.29. The number of likely N-dealkylation sites (N-methyl/N-ethyl adjacent to an activating group) is 1. The Morgan fingerprint density at radius 1 is 1.21 bits per heavy atom. The summed E-state index contributed by atoms with van der Waals surface area (Å²) in [6.45, 7) is 8.78. The van der Waals surface area contributed by atoms with Crippen molar-refractivity contribution >= 4 is 21.8 Å². The lowest BCUT2D eigenvalue weighted by Crippen LogP contribution is -2.44. The van der Waals surface area contributed by atoms with Crippen LogP contribution in [0.5, 0.6) is 5.75 Å². The van der Waals surface area contributed by atoms with Crippen molar-refractivity contribution in [3.63, 3.8) is 0 Å². The molecule has 1 unspecified atom stereocenters. The third-order valence-electron chi connectivity index (χ3n) is 3.83. The first-order valence-electron chi connectivity index (χ1n) is 8.07. The van der Waals surface area contributed by atoms with Crippen LogP contribution in [-0.4, -0.2) is 57.6 Å². The lowest BCUT2D eigenvalue weighted by molar-refractivity contribution is 0.107. The van der Waals surface area contributed by atoms with Crippen LogP contribution in [-0.2, 0) is 14.8 Å². The Bertz CT molecular complexity index is 608. The minimum absolute atomic E-state index is 0.184. The maximum atomic E-state index is 13.3. The van der Waals surface area contributed by atoms with Gasteiger partial charge >= 0.3 is 0 Å². The number of nitrogens with zero attached hydrogens (tertiary/aromatic N) is 1. The number of hydrogen-bond acceptors (Lipinski definition) is 5. The van der Waals surface area contributed by atoms with Gasteiger partial charge in [0.05, 0.1) is 24.7 Å². The van der Waals surface area contributed by atoms with E-state index in [1.165, 1.54) is 0 Å². The van der Waals surface area contributed by atoms with Crippen molar-refractivity contribution in [2.45, 2.75) is 38.6 Å². The normalized spacial score (nSPS) is 13.3. The van der Waals surface area contributed by atoms with E-state index in [2.05, 4.69) is 0 Å². The van der Waals surface area contributed by atoms with Gasteiger partial charge in [0.1, 0.15) is 5.75 Å². The number of benzene rings is 1. The second-order valence-corrected chi connectivity index (χ2v) is 8.31. The summed E-state index contributed by atoms with van der Waals surface area (Å²) in [5, 5.41) is 0.